The summed E-state index contributed by atoms with van der Waals surface area (Å²) in [6.07, 6.45) is 3.31. The van der Waals surface area contributed by atoms with E-state index in [1.807, 2.05) is 12.1 Å². The Balaban J connectivity index is 1.57. The zero-order chi connectivity index (χ0) is 20.8. The van der Waals surface area contributed by atoms with Crippen molar-refractivity contribution in [2.75, 3.05) is 14.2 Å². The van der Waals surface area contributed by atoms with Crippen LogP contribution in [-0.2, 0) is 20.6 Å². The van der Waals surface area contributed by atoms with Crippen LogP contribution in [0.15, 0.2) is 30.4 Å². The van der Waals surface area contributed by atoms with Gasteiger partial charge in [0.25, 0.3) is 0 Å². The third kappa shape index (κ3) is 3.28. The molecule has 0 heterocycles. The lowest BCUT2D eigenvalue weighted by atomic mass is 9.55. The van der Waals surface area contributed by atoms with E-state index in [4.69, 9.17) is 14.2 Å². The number of benzene rings is 1. The number of aryl methyl sites for hydroxylation is 1. The maximum absolute atomic E-state index is 11.7. The number of fused-ring (bicyclic) bond motifs is 5. The van der Waals surface area contributed by atoms with Crippen molar-refractivity contribution in [1.29, 1.82) is 0 Å². The molecule has 156 valence electrons. The predicted octanol–water partition coefficient (Wildman–Crippen LogP) is 5.01. The molecule has 0 bridgehead atoms. The minimum Gasteiger partial charge on any atom is -0.438 e. The maximum atomic E-state index is 11.7. The van der Waals surface area contributed by atoms with E-state index in [2.05, 4.69) is 24.3 Å². The molecule has 0 aromatic heterocycles. The van der Waals surface area contributed by atoms with Crippen molar-refractivity contribution in [1.82, 2.24) is 0 Å². The van der Waals surface area contributed by atoms with Gasteiger partial charge in [0.1, 0.15) is 11.9 Å². The van der Waals surface area contributed by atoms with Gasteiger partial charge in [0.15, 0.2) is 0 Å². The van der Waals surface area contributed by atoms with Crippen molar-refractivity contribution >= 4 is 12.3 Å². The summed E-state index contributed by atoms with van der Waals surface area (Å²) in [5.41, 5.74) is 3.61. The molecule has 6 heteroatoms. The maximum Gasteiger partial charge on any atom is 0.513 e. The van der Waals surface area contributed by atoms with Crippen LogP contribution in [0, 0.1) is 17.3 Å². The number of carbonyl (C=O) groups excluding carboxylic acids is 2. The molecule has 3 aliphatic rings. The average molecular weight is 400 g/mol. The Morgan fingerprint density at radius 2 is 1.90 bits per heavy atom. The van der Waals surface area contributed by atoms with Gasteiger partial charge in [-0.25, -0.2) is 9.59 Å². The average Bonchev–Trinajstić information content (AvgIpc) is 2.98. The first-order chi connectivity index (χ1) is 13.9. The summed E-state index contributed by atoms with van der Waals surface area (Å²) in [4.78, 5) is 23.1. The van der Waals surface area contributed by atoms with Gasteiger partial charge in [-0.15, -0.1) is 0 Å². The van der Waals surface area contributed by atoms with Gasteiger partial charge in [0.2, 0.25) is 0 Å². The van der Waals surface area contributed by atoms with Gasteiger partial charge in [-0.1, -0.05) is 19.6 Å². The minimum atomic E-state index is -0.701. The molecule has 2 saturated carbocycles. The summed E-state index contributed by atoms with van der Waals surface area (Å²) in [5, 5.41) is 0. The summed E-state index contributed by atoms with van der Waals surface area (Å²) >= 11 is 0. The van der Waals surface area contributed by atoms with Crippen molar-refractivity contribution in [3.63, 3.8) is 0 Å². The Hall–Kier alpha value is -2.50. The second kappa shape index (κ2) is 7.39. The van der Waals surface area contributed by atoms with Crippen molar-refractivity contribution < 1.29 is 28.5 Å². The van der Waals surface area contributed by atoms with E-state index in [9.17, 15) is 9.59 Å². The Morgan fingerprint density at radius 1 is 1.14 bits per heavy atom. The summed E-state index contributed by atoms with van der Waals surface area (Å²) < 4.78 is 20.0. The SMILES string of the molecule is C=C1[C@H](OC(=O)OC)C[C@H]2[C@@H]3CCc4cc(OC(=O)OC)ccc4[C@H]3CC[C@]12C. The van der Waals surface area contributed by atoms with Crippen LogP contribution in [0.1, 0.15) is 49.7 Å². The predicted molar refractivity (Wildman–Crippen MR) is 106 cm³/mol. The summed E-state index contributed by atoms with van der Waals surface area (Å²) in [5.74, 6) is 1.95. The molecule has 0 N–H and O–H groups in total. The van der Waals surface area contributed by atoms with E-state index < -0.39 is 12.3 Å². The Labute approximate surface area is 171 Å². The highest BCUT2D eigenvalue weighted by molar-refractivity contribution is 5.64. The smallest absolute Gasteiger partial charge is 0.438 e. The lowest BCUT2D eigenvalue weighted by molar-refractivity contribution is 0.0442. The fraction of sp³-hybridized carbons (Fsp3) is 0.565. The number of rotatable bonds is 2. The van der Waals surface area contributed by atoms with Gasteiger partial charge in [-0.05, 0) is 84.1 Å². The van der Waals surface area contributed by atoms with Gasteiger partial charge in [-0.3, -0.25) is 0 Å². The van der Waals surface area contributed by atoms with Crippen LogP contribution in [0.4, 0.5) is 9.59 Å². The van der Waals surface area contributed by atoms with Crippen LogP contribution in [0.3, 0.4) is 0 Å². The standard InChI is InChI=1S/C23H28O6/c1-13-20(29-22(25)27-4)12-19-18-7-5-14-11-15(28-21(24)26-3)6-8-16(14)17(18)9-10-23(13,19)2/h6,8,11,17-20H,1,5,7,9-10,12H2,2-4H3/t17-,18-,19+,20-,23-/m1/s1. The fourth-order valence-corrected chi connectivity index (χ4v) is 5.94. The van der Waals surface area contributed by atoms with Crippen molar-refractivity contribution in [3.8, 4) is 5.75 Å². The summed E-state index contributed by atoms with van der Waals surface area (Å²) in [6, 6.07) is 5.91. The monoisotopic (exact) mass is 400 g/mol. The molecule has 4 rings (SSSR count). The van der Waals surface area contributed by atoms with Crippen LogP contribution in [-0.4, -0.2) is 32.6 Å². The van der Waals surface area contributed by atoms with E-state index in [0.29, 0.717) is 23.5 Å². The lowest BCUT2D eigenvalue weighted by Gasteiger charge is -2.49. The highest BCUT2D eigenvalue weighted by atomic mass is 16.7. The van der Waals surface area contributed by atoms with Crippen LogP contribution in [0.25, 0.3) is 0 Å². The van der Waals surface area contributed by atoms with Gasteiger partial charge < -0.3 is 18.9 Å². The van der Waals surface area contributed by atoms with Crippen LogP contribution in [0.5, 0.6) is 5.75 Å². The second-order valence-electron chi connectivity index (χ2n) is 8.61. The molecular weight excluding hydrogens is 372 g/mol. The first-order valence-electron chi connectivity index (χ1n) is 10.2. The Bertz CT molecular complexity index is 846. The number of carbonyl (C=O) groups is 2. The first-order valence-corrected chi connectivity index (χ1v) is 10.2. The number of hydrogen-bond donors (Lipinski definition) is 0. The molecule has 0 aliphatic heterocycles. The van der Waals surface area contributed by atoms with Crippen molar-refractivity contribution in [2.45, 2.75) is 51.0 Å². The molecular formula is C23H28O6. The molecule has 1 aromatic carbocycles. The molecule has 5 atom stereocenters. The fourth-order valence-electron chi connectivity index (χ4n) is 5.94. The zero-order valence-electron chi connectivity index (χ0n) is 17.2. The van der Waals surface area contributed by atoms with Crippen LogP contribution < -0.4 is 4.74 Å². The number of methoxy groups -OCH3 is 2. The van der Waals surface area contributed by atoms with E-state index in [1.165, 1.54) is 25.3 Å². The normalized spacial score (nSPS) is 32.4. The number of ether oxygens (including phenoxy) is 4. The number of hydrogen-bond acceptors (Lipinski definition) is 6. The molecule has 2 fully saturated rings. The van der Waals surface area contributed by atoms with Gasteiger partial charge in [0.05, 0.1) is 14.2 Å². The van der Waals surface area contributed by atoms with Gasteiger partial charge in [-0.2, -0.15) is 0 Å². The minimum absolute atomic E-state index is 0.00864. The van der Waals surface area contributed by atoms with Gasteiger partial charge in [0, 0.05) is 0 Å². The second-order valence-corrected chi connectivity index (χ2v) is 8.61. The van der Waals surface area contributed by atoms with E-state index in [0.717, 1.165) is 37.7 Å². The van der Waals surface area contributed by atoms with Crippen LogP contribution in [0.2, 0.25) is 0 Å². The molecule has 0 saturated heterocycles. The quantitative estimate of drug-likeness (QED) is 0.395. The molecule has 0 unspecified atom stereocenters. The van der Waals surface area contributed by atoms with E-state index >= 15 is 0 Å². The van der Waals surface area contributed by atoms with Crippen LogP contribution >= 0.6 is 0 Å². The molecule has 0 radical (unpaired) electrons. The molecule has 3 aliphatic carbocycles. The van der Waals surface area contributed by atoms with E-state index in [-0.39, 0.29) is 11.5 Å². The molecule has 0 amide bonds. The van der Waals surface area contributed by atoms with E-state index in [1.54, 1.807) is 0 Å². The molecule has 29 heavy (non-hydrogen) atoms. The Kier molecular flexibility index (Phi) is 5.05. The topological polar surface area (TPSA) is 71.1 Å². The first kappa shape index (κ1) is 19.8. The molecule has 0 spiro atoms. The Morgan fingerprint density at radius 3 is 2.62 bits per heavy atom. The highest BCUT2D eigenvalue weighted by Crippen LogP contribution is 2.63. The molecule has 1 aromatic rings. The highest BCUT2D eigenvalue weighted by Gasteiger charge is 2.56. The largest absolute Gasteiger partial charge is 0.513 e. The van der Waals surface area contributed by atoms with Gasteiger partial charge >= 0.3 is 12.3 Å². The third-order valence-electron chi connectivity index (χ3n) is 7.45. The zero-order valence-corrected chi connectivity index (χ0v) is 17.2. The summed E-state index contributed by atoms with van der Waals surface area (Å²) in [6.45, 7) is 6.59. The third-order valence-corrected chi connectivity index (χ3v) is 7.45. The lowest BCUT2D eigenvalue weighted by Crippen LogP contribution is -2.40. The molecule has 6 nitrogen and oxygen atoms in total. The van der Waals surface area contributed by atoms with Crippen molar-refractivity contribution in [2.24, 2.45) is 17.3 Å². The van der Waals surface area contributed by atoms with Crippen molar-refractivity contribution in [3.05, 3.63) is 41.5 Å². The summed E-state index contributed by atoms with van der Waals surface area (Å²) in [7, 11) is 2.64.